The summed E-state index contributed by atoms with van der Waals surface area (Å²) in [5, 5.41) is 9.03. The molecule has 116 valence electrons. The van der Waals surface area contributed by atoms with Crippen molar-refractivity contribution in [3.05, 3.63) is 51.6 Å². The number of nitriles is 1. The Morgan fingerprint density at radius 2 is 2.17 bits per heavy atom. The fraction of sp³-hybridized carbons (Fsp3) is 0.125. The lowest BCUT2D eigenvalue weighted by atomic mass is 10.2. The molecule has 0 unspecified atom stereocenters. The lowest BCUT2D eigenvalue weighted by molar-refractivity contribution is 0.0518. The number of rotatable bonds is 5. The lowest BCUT2D eigenvalue weighted by Gasteiger charge is -2.08. The minimum atomic E-state index is -0.695. The summed E-state index contributed by atoms with van der Waals surface area (Å²) in [5.74, 6) is -0.201. The number of hydrogen-bond donors (Lipinski definition) is 0. The number of hydrogen-bond acceptors (Lipinski definition) is 6. The first kappa shape index (κ1) is 16.6. The first-order valence-electron chi connectivity index (χ1n) is 6.60. The van der Waals surface area contributed by atoms with E-state index in [0.29, 0.717) is 22.1 Å². The summed E-state index contributed by atoms with van der Waals surface area (Å²) >= 11 is 3.24. The van der Waals surface area contributed by atoms with Crippen molar-refractivity contribution in [2.45, 2.75) is 6.92 Å². The van der Waals surface area contributed by atoms with E-state index in [2.05, 4.69) is 20.9 Å². The summed E-state index contributed by atoms with van der Waals surface area (Å²) < 4.78 is 11.0. The number of pyridine rings is 1. The summed E-state index contributed by atoms with van der Waals surface area (Å²) in [6.45, 7) is 1.83. The van der Waals surface area contributed by atoms with Crippen LogP contribution in [0.2, 0.25) is 0 Å². The minimum Gasteiger partial charge on any atom is -0.461 e. The van der Waals surface area contributed by atoms with Crippen LogP contribution >= 0.6 is 15.9 Å². The van der Waals surface area contributed by atoms with Crippen molar-refractivity contribution in [1.82, 2.24) is 4.98 Å². The Bertz CT molecular complexity index is 799. The molecule has 0 saturated heterocycles. The molecule has 1 heterocycles. The highest BCUT2D eigenvalue weighted by Crippen LogP contribution is 2.25. The molecule has 0 spiro atoms. The molecule has 0 saturated carbocycles. The quantitative estimate of drug-likeness (QED) is 0.587. The highest BCUT2D eigenvalue weighted by atomic mass is 79.9. The Hall–Kier alpha value is -2.72. The van der Waals surface area contributed by atoms with Gasteiger partial charge >= 0.3 is 5.97 Å². The van der Waals surface area contributed by atoms with Crippen molar-refractivity contribution in [1.29, 1.82) is 5.26 Å². The van der Waals surface area contributed by atoms with Crippen molar-refractivity contribution in [2.24, 2.45) is 0 Å². The largest absolute Gasteiger partial charge is 0.461 e. The van der Waals surface area contributed by atoms with Gasteiger partial charge in [0.1, 0.15) is 11.8 Å². The van der Waals surface area contributed by atoms with Crippen LogP contribution < -0.4 is 4.74 Å². The van der Waals surface area contributed by atoms with Crippen LogP contribution in [-0.2, 0) is 4.74 Å². The monoisotopic (exact) mass is 374 g/mol. The molecule has 1 aromatic carbocycles. The van der Waals surface area contributed by atoms with Gasteiger partial charge in [-0.05, 0) is 31.2 Å². The maximum absolute atomic E-state index is 11.8. The number of esters is 1. The molecular formula is C16H11BrN2O4. The Morgan fingerprint density at radius 1 is 1.39 bits per heavy atom. The van der Waals surface area contributed by atoms with E-state index >= 15 is 0 Å². The zero-order chi connectivity index (χ0) is 16.8. The van der Waals surface area contributed by atoms with Crippen LogP contribution in [0.3, 0.4) is 0 Å². The van der Waals surface area contributed by atoms with Crippen LogP contribution in [0.1, 0.15) is 33.3 Å². The Morgan fingerprint density at radius 3 is 2.83 bits per heavy atom. The van der Waals surface area contributed by atoms with Gasteiger partial charge < -0.3 is 9.47 Å². The average Bonchev–Trinajstić information content (AvgIpc) is 2.56. The third-order valence-electron chi connectivity index (χ3n) is 2.78. The van der Waals surface area contributed by atoms with Crippen LogP contribution in [0.4, 0.5) is 0 Å². The van der Waals surface area contributed by atoms with E-state index in [1.54, 1.807) is 19.1 Å². The van der Waals surface area contributed by atoms with E-state index in [0.717, 1.165) is 0 Å². The molecule has 0 aliphatic carbocycles. The zero-order valence-electron chi connectivity index (χ0n) is 12.1. The summed E-state index contributed by atoms with van der Waals surface area (Å²) in [5.41, 5.74) is 0.404. The molecule has 0 radical (unpaired) electrons. The fourth-order valence-electron chi connectivity index (χ4n) is 1.74. The van der Waals surface area contributed by atoms with E-state index < -0.39 is 5.97 Å². The molecule has 1 aromatic heterocycles. The molecule has 7 heteroatoms. The SMILES string of the molecule is CCOC(=O)c1nc(Oc2ccc(Br)c(C=O)c2)ccc1C#N. The highest BCUT2D eigenvalue weighted by Gasteiger charge is 2.16. The summed E-state index contributed by atoms with van der Waals surface area (Å²) in [4.78, 5) is 26.8. The second kappa shape index (κ2) is 7.51. The summed E-state index contributed by atoms with van der Waals surface area (Å²) in [7, 11) is 0. The number of carbonyl (C=O) groups is 2. The number of aldehydes is 1. The van der Waals surface area contributed by atoms with Gasteiger partial charge in [-0.2, -0.15) is 5.26 Å². The molecule has 23 heavy (non-hydrogen) atoms. The maximum atomic E-state index is 11.8. The zero-order valence-corrected chi connectivity index (χ0v) is 13.7. The van der Waals surface area contributed by atoms with Crippen LogP contribution in [0.5, 0.6) is 11.6 Å². The standard InChI is InChI=1S/C16H11BrN2O4/c1-2-22-16(21)15-10(8-18)3-6-14(19-15)23-12-4-5-13(17)11(7-12)9-20/h3-7,9H,2H2,1H3. The highest BCUT2D eigenvalue weighted by molar-refractivity contribution is 9.10. The van der Waals surface area contributed by atoms with Gasteiger partial charge in [-0.1, -0.05) is 15.9 Å². The molecule has 0 amide bonds. The van der Waals surface area contributed by atoms with E-state index in [9.17, 15) is 9.59 Å². The van der Waals surface area contributed by atoms with E-state index in [1.807, 2.05) is 6.07 Å². The number of ether oxygens (including phenoxy) is 2. The number of halogens is 1. The van der Waals surface area contributed by atoms with Crippen LogP contribution in [0.25, 0.3) is 0 Å². The van der Waals surface area contributed by atoms with Gasteiger partial charge in [0.05, 0.1) is 12.2 Å². The predicted molar refractivity (Wildman–Crippen MR) is 84.5 cm³/mol. The second-order valence-electron chi connectivity index (χ2n) is 4.28. The molecule has 6 nitrogen and oxygen atoms in total. The lowest BCUT2D eigenvalue weighted by Crippen LogP contribution is -2.10. The molecule has 0 atom stereocenters. The van der Waals surface area contributed by atoms with Gasteiger partial charge in [0.15, 0.2) is 12.0 Å². The third kappa shape index (κ3) is 3.93. The molecule has 0 bridgehead atoms. The normalized spacial score (nSPS) is 9.78. The fourth-order valence-corrected chi connectivity index (χ4v) is 2.08. The van der Waals surface area contributed by atoms with Gasteiger partial charge in [-0.25, -0.2) is 9.78 Å². The van der Waals surface area contributed by atoms with Gasteiger partial charge in [0.2, 0.25) is 5.88 Å². The predicted octanol–water partition coefficient (Wildman–Crippen LogP) is 3.50. The van der Waals surface area contributed by atoms with Gasteiger partial charge in [-0.3, -0.25) is 4.79 Å². The first-order chi connectivity index (χ1) is 11.1. The van der Waals surface area contributed by atoms with E-state index in [4.69, 9.17) is 14.7 Å². The van der Waals surface area contributed by atoms with Gasteiger partial charge in [-0.15, -0.1) is 0 Å². The Labute approximate surface area is 140 Å². The first-order valence-corrected chi connectivity index (χ1v) is 7.39. The number of carbonyl (C=O) groups excluding carboxylic acids is 2. The van der Waals surface area contributed by atoms with Crippen molar-refractivity contribution in [2.75, 3.05) is 6.61 Å². The van der Waals surface area contributed by atoms with Crippen molar-refractivity contribution in [3.63, 3.8) is 0 Å². The third-order valence-corrected chi connectivity index (χ3v) is 3.50. The summed E-state index contributed by atoms with van der Waals surface area (Å²) in [6, 6.07) is 9.60. The number of nitrogens with zero attached hydrogens (tertiary/aromatic N) is 2. The Balaban J connectivity index is 2.34. The van der Waals surface area contributed by atoms with Gasteiger partial charge in [0, 0.05) is 16.1 Å². The van der Waals surface area contributed by atoms with Crippen LogP contribution in [0, 0.1) is 11.3 Å². The molecule has 0 aliphatic rings. The molecule has 0 fully saturated rings. The number of aromatic nitrogens is 1. The van der Waals surface area contributed by atoms with Crippen molar-refractivity contribution in [3.8, 4) is 17.7 Å². The molecule has 2 aromatic rings. The minimum absolute atomic E-state index is 0.0974. The van der Waals surface area contributed by atoms with Crippen molar-refractivity contribution >= 4 is 28.2 Å². The van der Waals surface area contributed by atoms with Crippen LogP contribution in [-0.4, -0.2) is 23.8 Å². The van der Waals surface area contributed by atoms with Crippen LogP contribution in [0.15, 0.2) is 34.8 Å². The van der Waals surface area contributed by atoms with Gasteiger partial charge in [0.25, 0.3) is 0 Å². The second-order valence-corrected chi connectivity index (χ2v) is 5.14. The smallest absolute Gasteiger partial charge is 0.358 e. The van der Waals surface area contributed by atoms with Crippen molar-refractivity contribution < 1.29 is 19.1 Å². The Kier molecular flexibility index (Phi) is 5.44. The van der Waals surface area contributed by atoms with E-state index in [-0.39, 0.29) is 23.7 Å². The maximum Gasteiger partial charge on any atom is 0.358 e. The van der Waals surface area contributed by atoms with E-state index in [1.165, 1.54) is 18.2 Å². The topological polar surface area (TPSA) is 89.3 Å². The molecular weight excluding hydrogens is 364 g/mol. The summed E-state index contributed by atoms with van der Waals surface area (Å²) in [6.07, 6.45) is 0.688. The number of benzene rings is 1. The molecule has 0 aliphatic heterocycles. The molecule has 0 N–H and O–H groups in total. The molecule has 2 rings (SSSR count). The average molecular weight is 375 g/mol.